The number of carbonyl (C=O) groups excluding carboxylic acids is 1. The number of pyridine rings is 1. The van der Waals surface area contributed by atoms with E-state index in [1.54, 1.807) is 17.2 Å². The molecule has 2 saturated heterocycles. The van der Waals surface area contributed by atoms with Gasteiger partial charge in [0.15, 0.2) is 0 Å². The first-order valence-electron chi connectivity index (χ1n) is 10.8. The molecule has 2 fully saturated rings. The van der Waals surface area contributed by atoms with Gasteiger partial charge in [-0.05, 0) is 43.4 Å². The van der Waals surface area contributed by atoms with Crippen molar-refractivity contribution in [2.45, 2.75) is 26.7 Å². The highest BCUT2D eigenvalue weighted by molar-refractivity contribution is 6.02. The molecule has 0 spiro atoms. The maximum Gasteiger partial charge on any atom is 0.267 e. The molecule has 1 amide bonds. The van der Waals surface area contributed by atoms with Gasteiger partial charge in [0.25, 0.3) is 11.5 Å². The summed E-state index contributed by atoms with van der Waals surface area (Å²) in [6, 6.07) is 5.72. The lowest BCUT2D eigenvalue weighted by atomic mass is 9.99. The number of fused-ring (bicyclic) bond motifs is 1. The van der Waals surface area contributed by atoms with E-state index < -0.39 is 0 Å². The van der Waals surface area contributed by atoms with Crippen LogP contribution in [0.5, 0.6) is 0 Å². The lowest BCUT2D eigenvalue weighted by Gasteiger charge is -2.32. The molecular weight excluding hydrogens is 394 g/mol. The van der Waals surface area contributed by atoms with E-state index in [0.29, 0.717) is 43.7 Å². The van der Waals surface area contributed by atoms with Crippen LogP contribution < -0.4 is 10.5 Å². The highest BCUT2D eigenvalue weighted by Crippen LogP contribution is 2.26. The van der Waals surface area contributed by atoms with Crippen LogP contribution in [0.2, 0.25) is 0 Å². The molecule has 0 N–H and O–H groups in total. The van der Waals surface area contributed by atoms with Crippen LogP contribution in [-0.4, -0.2) is 59.6 Å². The van der Waals surface area contributed by atoms with Gasteiger partial charge in [-0.1, -0.05) is 13.0 Å². The Balaban J connectivity index is 1.84. The minimum absolute atomic E-state index is 0.0555. The van der Waals surface area contributed by atoms with E-state index in [1.165, 1.54) is 10.5 Å². The zero-order valence-electron chi connectivity index (χ0n) is 18.0. The average Bonchev–Trinajstić information content (AvgIpc) is 2.80. The molecule has 4 rings (SSSR count). The number of piperidine rings is 1. The molecule has 31 heavy (non-hydrogen) atoms. The summed E-state index contributed by atoms with van der Waals surface area (Å²) in [5, 5.41) is 9.73. The number of amides is 1. The highest BCUT2D eigenvalue weighted by atomic mass is 16.5. The van der Waals surface area contributed by atoms with Crippen molar-refractivity contribution >= 4 is 23.4 Å². The van der Waals surface area contributed by atoms with E-state index >= 15 is 0 Å². The second kappa shape index (κ2) is 8.90. The summed E-state index contributed by atoms with van der Waals surface area (Å²) in [5.41, 5.74) is 1.45. The summed E-state index contributed by atoms with van der Waals surface area (Å²) < 4.78 is 6.79. The lowest BCUT2D eigenvalue weighted by molar-refractivity contribution is -0.130. The van der Waals surface area contributed by atoms with Crippen molar-refractivity contribution in [2.24, 2.45) is 5.92 Å². The van der Waals surface area contributed by atoms with Crippen LogP contribution in [0.4, 0.5) is 5.82 Å². The Kier molecular flexibility index (Phi) is 6.05. The molecule has 162 valence electrons. The van der Waals surface area contributed by atoms with Crippen LogP contribution in [0.15, 0.2) is 28.7 Å². The molecule has 0 bridgehead atoms. The van der Waals surface area contributed by atoms with Crippen LogP contribution in [0.3, 0.4) is 0 Å². The van der Waals surface area contributed by atoms with Gasteiger partial charge in [0, 0.05) is 32.4 Å². The Morgan fingerprint density at radius 1 is 1.26 bits per heavy atom. The molecule has 2 aliphatic rings. The van der Waals surface area contributed by atoms with E-state index in [2.05, 4.69) is 11.8 Å². The Labute approximate surface area is 181 Å². The second-order valence-electron chi connectivity index (χ2n) is 8.28. The van der Waals surface area contributed by atoms with E-state index in [-0.39, 0.29) is 22.6 Å². The van der Waals surface area contributed by atoms with Crippen LogP contribution in [0.25, 0.3) is 11.7 Å². The number of nitriles is 1. The normalized spacial score (nSPS) is 18.3. The fourth-order valence-electron chi connectivity index (χ4n) is 4.11. The molecule has 0 unspecified atom stereocenters. The van der Waals surface area contributed by atoms with E-state index in [9.17, 15) is 14.9 Å². The maximum atomic E-state index is 13.5. The summed E-state index contributed by atoms with van der Waals surface area (Å²) in [6.07, 6.45) is 5.12. The van der Waals surface area contributed by atoms with Crippen molar-refractivity contribution in [3.8, 4) is 6.07 Å². The Morgan fingerprint density at radius 2 is 1.97 bits per heavy atom. The van der Waals surface area contributed by atoms with E-state index in [1.807, 2.05) is 19.1 Å². The van der Waals surface area contributed by atoms with Gasteiger partial charge in [-0.25, -0.2) is 4.98 Å². The minimum Gasteiger partial charge on any atom is -0.378 e. The zero-order valence-corrected chi connectivity index (χ0v) is 18.0. The van der Waals surface area contributed by atoms with Crippen molar-refractivity contribution in [1.29, 1.82) is 5.26 Å². The number of hydrogen-bond acceptors (Lipinski definition) is 6. The van der Waals surface area contributed by atoms with Crippen molar-refractivity contribution in [2.75, 3.05) is 44.3 Å². The molecule has 0 aliphatic carbocycles. The summed E-state index contributed by atoms with van der Waals surface area (Å²) >= 11 is 0. The molecule has 8 heteroatoms. The standard InChI is InChI=1S/C23H27N5O3/c1-16-5-8-26(9-6-16)21-19(23(30)28-7-3-4-17(2)20(28)25-21)14-18(15-24)22(29)27-10-12-31-13-11-27/h3-4,7,14,16H,5-6,8-13H2,1-2H3. The quantitative estimate of drug-likeness (QED) is 0.556. The monoisotopic (exact) mass is 421 g/mol. The Morgan fingerprint density at radius 3 is 2.65 bits per heavy atom. The largest absolute Gasteiger partial charge is 0.378 e. The molecular formula is C23H27N5O3. The molecule has 8 nitrogen and oxygen atoms in total. The predicted molar refractivity (Wildman–Crippen MR) is 118 cm³/mol. The van der Waals surface area contributed by atoms with E-state index in [0.717, 1.165) is 31.5 Å². The fraction of sp³-hybridized carbons (Fsp3) is 0.478. The molecule has 0 aromatic carbocycles. The van der Waals surface area contributed by atoms with Gasteiger partial charge < -0.3 is 14.5 Å². The molecule has 4 heterocycles. The lowest BCUT2D eigenvalue weighted by Crippen LogP contribution is -2.41. The van der Waals surface area contributed by atoms with Crippen LogP contribution in [0, 0.1) is 24.2 Å². The number of ether oxygens (including phenoxy) is 1. The molecule has 0 saturated carbocycles. The van der Waals surface area contributed by atoms with Crippen molar-refractivity contribution < 1.29 is 9.53 Å². The first-order valence-corrected chi connectivity index (χ1v) is 10.8. The van der Waals surface area contributed by atoms with Crippen LogP contribution in [0.1, 0.15) is 30.9 Å². The summed E-state index contributed by atoms with van der Waals surface area (Å²) in [4.78, 5) is 34.9. The first kappa shape index (κ1) is 21.1. The molecule has 0 radical (unpaired) electrons. The summed E-state index contributed by atoms with van der Waals surface area (Å²) in [5.74, 6) is 0.794. The summed E-state index contributed by atoms with van der Waals surface area (Å²) in [6.45, 7) is 7.47. The van der Waals surface area contributed by atoms with Gasteiger partial charge in [-0.2, -0.15) is 5.26 Å². The number of rotatable bonds is 3. The van der Waals surface area contributed by atoms with Crippen molar-refractivity contribution in [1.82, 2.24) is 14.3 Å². The third kappa shape index (κ3) is 4.19. The number of aromatic nitrogens is 2. The number of hydrogen-bond donors (Lipinski definition) is 0. The van der Waals surface area contributed by atoms with Gasteiger partial charge in [-0.15, -0.1) is 0 Å². The van der Waals surface area contributed by atoms with Gasteiger partial charge >= 0.3 is 0 Å². The number of anilines is 1. The van der Waals surface area contributed by atoms with Gasteiger partial charge in [0.1, 0.15) is 23.1 Å². The van der Waals surface area contributed by atoms with Gasteiger partial charge in [-0.3, -0.25) is 14.0 Å². The second-order valence-corrected chi connectivity index (χ2v) is 8.28. The van der Waals surface area contributed by atoms with Crippen molar-refractivity contribution in [3.63, 3.8) is 0 Å². The van der Waals surface area contributed by atoms with Crippen molar-refractivity contribution in [3.05, 3.63) is 45.4 Å². The van der Waals surface area contributed by atoms with Gasteiger partial charge in [0.2, 0.25) is 0 Å². The number of morpholine rings is 1. The zero-order chi connectivity index (χ0) is 22.0. The predicted octanol–water partition coefficient (Wildman–Crippen LogP) is 2.00. The molecule has 2 aromatic rings. The number of aryl methyl sites for hydroxylation is 1. The van der Waals surface area contributed by atoms with Gasteiger partial charge in [0.05, 0.1) is 18.8 Å². The first-order chi connectivity index (χ1) is 15.0. The molecule has 2 aromatic heterocycles. The van der Waals surface area contributed by atoms with Crippen LogP contribution in [-0.2, 0) is 9.53 Å². The SMILES string of the molecule is Cc1cccn2c(=O)c(C=C(C#N)C(=O)N3CCOCC3)c(N3CCC(C)CC3)nc12. The third-order valence-electron chi connectivity index (χ3n) is 6.09. The topological polar surface area (TPSA) is 90.9 Å². The molecule has 2 aliphatic heterocycles. The fourth-order valence-corrected chi connectivity index (χ4v) is 4.11. The average molecular weight is 422 g/mol. The Bertz CT molecular complexity index is 1120. The minimum atomic E-state index is -0.377. The third-order valence-corrected chi connectivity index (χ3v) is 6.09. The smallest absolute Gasteiger partial charge is 0.267 e. The molecule has 0 atom stereocenters. The maximum absolute atomic E-state index is 13.5. The van der Waals surface area contributed by atoms with Crippen LogP contribution >= 0.6 is 0 Å². The van der Waals surface area contributed by atoms with E-state index in [4.69, 9.17) is 9.72 Å². The number of carbonyl (C=O) groups is 1. The summed E-state index contributed by atoms with van der Waals surface area (Å²) in [7, 11) is 0. The number of nitrogens with zero attached hydrogens (tertiary/aromatic N) is 5. The Hall–Kier alpha value is -3.18. The highest BCUT2D eigenvalue weighted by Gasteiger charge is 2.25.